The number of hydrogen-bond acceptors (Lipinski definition) is 6. The zero-order valence-corrected chi connectivity index (χ0v) is 13.5. The summed E-state index contributed by atoms with van der Waals surface area (Å²) < 4.78 is 15.5. The Kier molecular flexibility index (Phi) is 4.29. The van der Waals surface area contributed by atoms with Gasteiger partial charge in [-0.05, 0) is 5.57 Å². The lowest BCUT2D eigenvalue weighted by atomic mass is 9.66. The Labute approximate surface area is 138 Å². The quantitative estimate of drug-likeness (QED) is 0.358. The van der Waals surface area contributed by atoms with E-state index in [0.29, 0.717) is 5.52 Å². The Morgan fingerprint density at radius 1 is 1.38 bits per heavy atom. The highest BCUT2D eigenvalue weighted by molar-refractivity contribution is 5.83. The van der Waals surface area contributed by atoms with Crippen LogP contribution >= 0.6 is 0 Å². The van der Waals surface area contributed by atoms with Crippen molar-refractivity contribution in [1.29, 1.82) is 0 Å². The van der Waals surface area contributed by atoms with Gasteiger partial charge >= 0.3 is 6.08 Å². The molecule has 0 amide bonds. The van der Waals surface area contributed by atoms with Crippen molar-refractivity contribution in [3.8, 4) is 0 Å². The van der Waals surface area contributed by atoms with Crippen molar-refractivity contribution in [1.82, 2.24) is 24.4 Å². The second-order valence-electron chi connectivity index (χ2n) is 6.00. The van der Waals surface area contributed by atoms with Crippen LogP contribution in [0.5, 0.6) is 0 Å². The summed E-state index contributed by atoms with van der Waals surface area (Å²) in [4.78, 5) is 17.6. The molecule has 128 valence electrons. The van der Waals surface area contributed by atoms with Crippen LogP contribution in [0.15, 0.2) is 23.5 Å². The molecule has 9 heteroatoms. The molecule has 1 saturated carbocycles. The summed E-state index contributed by atoms with van der Waals surface area (Å²) in [6.45, 7) is 3.76. The second-order valence-corrected chi connectivity index (χ2v) is 6.00. The number of imidazole rings is 1. The molecule has 0 aromatic carbocycles. The Balaban J connectivity index is 2.07. The molecule has 1 aliphatic carbocycles. The molecule has 0 radical (unpaired) electrons. The predicted molar refractivity (Wildman–Crippen MR) is 86.4 cm³/mol. The van der Waals surface area contributed by atoms with E-state index >= 15 is 0 Å². The summed E-state index contributed by atoms with van der Waals surface area (Å²) in [5, 5.41) is 19.0. The van der Waals surface area contributed by atoms with Gasteiger partial charge in [0.15, 0.2) is 17.0 Å². The van der Waals surface area contributed by atoms with Crippen LogP contribution in [0.4, 0.5) is 10.2 Å². The molecule has 0 aliphatic heterocycles. The zero-order valence-electron chi connectivity index (χ0n) is 13.5. The summed E-state index contributed by atoms with van der Waals surface area (Å²) in [5.74, 6) is -0.267. The fourth-order valence-electron chi connectivity index (χ4n) is 3.07. The first-order valence-electron chi connectivity index (χ1n) is 7.49. The molecule has 2 aromatic heterocycles. The highest BCUT2D eigenvalue weighted by atomic mass is 19.1. The molecule has 0 spiro atoms. The van der Waals surface area contributed by atoms with Crippen LogP contribution in [-0.2, 0) is 0 Å². The van der Waals surface area contributed by atoms with Gasteiger partial charge in [0.25, 0.3) is 0 Å². The number of aliphatic hydroxyl groups excluding tert-OH is 2. The van der Waals surface area contributed by atoms with E-state index in [1.54, 1.807) is 23.6 Å². The smallest absolute Gasteiger partial charge is 0.312 e. The number of aliphatic imine (C=N–C) groups is 1. The lowest BCUT2D eigenvalue weighted by molar-refractivity contribution is 0.0536. The van der Waals surface area contributed by atoms with Crippen molar-refractivity contribution in [3.05, 3.63) is 24.6 Å². The molecule has 3 rings (SSSR count). The molecule has 2 N–H and O–H groups in total. The Bertz CT molecular complexity index is 803. The van der Waals surface area contributed by atoms with Crippen molar-refractivity contribution in [2.24, 2.45) is 16.8 Å². The van der Waals surface area contributed by atoms with Gasteiger partial charge in [0.1, 0.15) is 0 Å². The van der Waals surface area contributed by atoms with Crippen LogP contribution in [0.2, 0.25) is 0 Å². The molecular weight excluding hydrogens is 315 g/mol. The van der Waals surface area contributed by atoms with Crippen LogP contribution in [-0.4, -0.2) is 68.3 Å². The minimum atomic E-state index is -0.903. The summed E-state index contributed by atoms with van der Waals surface area (Å²) in [6.07, 6.45) is 2.11. The number of fused-ring (bicyclic) bond motifs is 1. The summed E-state index contributed by atoms with van der Waals surface area (Å²) in [5.41, 5.74) is 1.41. The molecule has 0 unspecified atom stereocenters. The average Bonchev–Trinajstić information content (AvgIpc) is 2.93. The molecule has 1 fully saturated rings. The van der Waals surface area contributed by atoms with Crippen molar-refractivity contribution < 1.29 is 14.6 Å². The van der Waals surface area contributed by atoms with Gasteiger partial charge in [-0.3, -0.25) is 0 Å². The third-order valence-corrected chi connectivity index (χ3v) is 4.27. The van der Waals surface area contributed by atoms with Crippen molar-refractivity contribution >= 4 is 23.3 Å². The fraction of sp³-hybridized carbons (Fsp3) is 0.467. The monoisotopic (exact) mass is 334 g/mol. The van der Waals surface area contributed by atoms with Gasteiger partial charge in [0.05, 0.1) is 25.3 Å². The molecule has 0 saturated heterocycles. The van der Waals surface area contributed by atoms with Gasteiger partial charge in [-0.15, -0.1) is 0 Å². The first-order chi connectivity index (χ1) is 11.5. The van der Waals surface area contributed by atoms with E-state index in [4.69, 9.17) is 0 Å². The van der Waals surface area contributed by atoms with Crippen LogP contribution in [0.1, 0.15) is 6.04 Å². The van der Waals surface area contributed by atoms with Crippen molar-refractivity contribution in [2.45, 2.75) is 6.04 Å². The molecular formula is C15H19FN6O2. The van der Waals surface area contributed by atoms with Crippen LogP contribution < -0.4 is 0 Å². The van der Waals surface area contributed by atoms with Gasteiger partial charge in [-0.25, -0.2) is 9.98 Å². The van der Waals surface area contributed by atoms with Gasteiger partial charge < -0.3 is 19.7 Å². The SMILES string of the molecule is C=C1[C@@H](n2cnc3c(/N=C/N(C)C)nc(F)nc32)[C@H](CO)[C@H]1CO. The van der Waals surface area contributed by atoms with E-state index in [9.17, 15) is 14.6 Å². The van der Waals surface area contributed by atoms with E-state index in [0.717, 1.165) is 5.57 Å². The summed E-state index contributed by atoms with van der Waals surface area (Å²) >= 11 is 0. The standard InChI is InChI=1S/C15H19FN6O2/c1-8-9(4-23)10(5-24)12(8)22-7-17-11-13(18-6-21(2)3)19-15(16)20-14(11)22/h6-7,9-10,12,23-24H,1,4-5H2,2-3H3/b18-6+/t9-,10+,12+/m0/s1. The largest absolute Gasteiger partial charge is 0.396 e. The molecule has 2 heterocycles. The number of nitrogens with zero attached hydrogens (tertiary/aromatic N) is 6. The molecule has 0 bridgehead atoms. The van der Waals surface area contributed by atoms with Crippen LogP contribution in [0.25, 0.3) is 11.2 Å². The van der Waals surface area contributed by atoms with Gasteiger partial charge in [-0.2, -0.15) is 14.4 Å². The second kappa shape index (κ2) is 6.25. The topological polar surface area (TPSA) is 99.7 Å². The lowest BCUT2D eigenvalue weighted by Gasteiger charge is -2.46. The first-order valence-corrected chi connectivity index (χ1v) is 7.49. The van der Waals surface area contributed by atoms with E-state index < -0.39 is 6.08 Å². The highest BCUT2D eigenvalue weighted by Crippen LogP contribution is 2.48. The molecule has 8 nitrogen and oxygen atoms in total. The molecule has 3 atom stereocenters. The Morgan fingerprint density at radius 2 is 2.12 bits per heavy atom. The maximum atomic E-state index is 13.8. The molecule has 1 aliphatic rings. The maximum absolute atomic E-state index is 13.8. The average molecular weight is 334 g/mol. The highest BCUT2D eigenvalue weighted by Gasteiger charge is 2.45. The Morgan fingerprint density at radius 3 is 2.75 bits per heavy atom. The minimum Gasteiger partial charge on any atom is -0.396 e. The predicted octanol–water partition coefficient (Wildman–Crippen LogP) is 0.515. The van der Waals surface area contributed by atoms with Gasteiger partial charge in [-0.1, -0.05) is 6.58 Å². The summed E-state index contributed by atoms with van der Waals surface area (Å²) in [7, 11) is 3.58. The third-order valence-electron chi connectivity index (χ3n) is 4.27. The maximum Gasteiger partial charge on any atom is 0.312 e. The minimum absolute atomic E-state index is 0.0884. The van der Waals surface area contributed by atoms with Gasteiger partial charge in [0, 0.05) is 32.5 Å². The summed E-state index contributed by atoms with van der Waals surface area (Å²) in [6, 6.07) is -0.294. The van der Waals surface area contributed by atoms with E-state index in [1.165, 1.54) is 12.7 Å². The van der Waals surface area contributed by atoms with E-state index in [2.05, 4.69) is 26.5 Å². The van der Waals surface area contributed by atoms with E-state index in [1.807, 2.05) is 0 Å². The number of hydrogen-bond donors (Lipinski definition) is 2. The van der Waals surface area contributed by atoms with E-state index in [-0.39, 0.29) is 42.6 Å². The van der Waals surface area contributed by atoms with Crippen LogP contribution in [0.3, 0.4) is 0 Å². The van der Waals surface area contributed by atoms with Crippen molar-refractivity contribution in [2.75, 3.05) is 27.3 Å². The zero-order chi connectivity index (χ0) is 17.4. The van der Waals surface area contributed by atoms with Gasteiger partial charge in [0.2, 0.25) is 0 Å². The molecule has 24 heavy (non-hydrogen) atoms. The first kappa shape index (κ1) is 16.5. The number of halogens is 1. The number of aromatic nitrogens is 4. The molecule has 2 aromatic rings. The van der Waals surface area contributed by atoms with Crippen LogP contribution in [0, 0.1) is 17.9 Å². The Hall–Kier alpha value is -2.39. The number of rotatable bonds is 5. The van der Waals surface area contributed by atoms with Crippen molar-refractivity contribution in [3.63, 3.8) is 0 Å². The third kappa shape index (κ3) is 2.55. The fourth-order valence-corrected chi connectivity index (χ4v) is 3.07. The normalized spacial score (nSPS) is 23.9. The number of aliphatic hydroxyl groups is 2. The lowest BCUT2D eigenvalue weighted by Crippen LogP contribution is -2.44.